The fourth-order valence-electron chi connectivity index (χ4n) is 3.24. The Morgan fingerprint density at radius 2 is 1.81 bits per heavy atom. The molecule has 7 heteroatoms. The normalized spacial score (nSPS) is 11.4. The molecule has 0 saturated carbocycles. The molecule has 31 heavy (non-hydrogen) atoms. The molecule has 0 bridgehead atoms. The van der Waals surface area contributed by atoms with Crippen molar-refractivity contribution >= 4 is 21.6 Å². The number of sulfonamides is 1. The van der Waals surface area contributed by atoms with Gasteiger partial charge in [0.1, 0.15) is 5.75 Å². The van der Waals surface area contributed by atoms with Gasteiger partial charge in [-0.1, -0.05) is 29.8 Å². The van der Waals surface area contributed by atoms with Gasteiger partial charge in [-0.25, -0.2) is 8.42 Å². The van der Waals surface area contributed by atoms with Gasteiger partial charge < -0.3 is 10.1 Å². The van der Waals surface area contributed by atoms with Crippen LogP contribution in [0.15, 0.2) is 48.5 Å². The summed E-state index contributed by atoms with van der Waals surface area (Å²) in [6.07, 6.45) is 3.75. The number of nitrogens with one attached hydrogen (secondary N) is 1. The van der Waals surface area contributed by atoms with Gasteiger partial charge in [0, 0.05) is 19.5 Å². The van der Waals surface area contributed by atoms with Crippen LogP contribution in [0.1, 0.15) is 44.2 Å². The number of carbonyl (C=O) groups is 1. The highest BCUT2D eigenvalue weighted by Gasteiger charge is 2.17. The SMILES string of the molecule is Cc1ccc(N(CCCC(=O)NCCCc2cccc(OC(C)C)c2)S(C)(=O)=O)cc1. The van der Waals surface area contributed by atoms with E-state index in [1.165, 1.54) is 16.1 Å². The van der Waals surface area contributed by atoms with Crippen molar-refractivity contribution in [3.05, 3.63) is 59.7 Å². The average molecular weight is 447 g/mol. The minimum atomic E-state index is -3.40. The summed E-state index contributed by atoms with van der Waals surface area (Å²) in [5.74, 6) is 0.801. The molecule has 2 aromatic carbocycles. The zero-order valence-electron chi connectivity index (χ0n) is 18.9. The molecule has 0 aliphatic heterocycles. The summed E-state index contributed by atoms with van der Waals surface area (Å²) in [5.41, 5.74) is 2.86. The van der Waals surface area contributed by atoms with Crippen molar-refractivity contribution in [3.8, 4) is 5.75 Å². The lowest BCUT2D eigenvalue weighted by Gasteiger charge is -2.22. The molecular formula is C24H34N2O4S. The maximum Gasteiger partial charge on any atom is 0.232 e. The first-order chi connectivity index (χ1) is 14.6. The molecule has 1 amide bonds. The number of hydrogen-bond donors (Lipinski definition) is 1. The number of rotatable bonds is 12. The topological polar surface area (TPSA) is 75.7 Å². The van der Waals surface area contributed by atoms with Crippen LogP contribution in [0.25, 0.3) is 0 Å². The van der Waals surface area contributed by atoms with E-state index in [2.05, 4.69) is 11.4 Å². The number of ether oxygens (including phenoxy) is 1. The van der Waals surface area contributed by atoms with Gasteiger partial charge in [0.25, 0.3) is 0 Å². The molecule has 6 nitrogen and oxygen atoms in total. The van der Waals surface area contributed by atoms with Crippen LogP contribution in [-0.2, 0) is 21.2 Å². The van der Waals surface area contributed by atoms with Gasteiger partial charge in [0.15, 0.2) is 0 Å². The second-order valence-electron chi connectivity index (χ2n) is 8.04. The Labute approximate surface area is 186 Å². The fraction of sp³-hybridized carbons (Fsp3) is 0.458. The van der Waals surface area contributed by atoms with Crippen LogP contribution in [-0.4, -0.2) is 39.8 Å². The largest absolute Gasteiger partial charge is 0.491 e. The molecule has 0 radical (unpaired) electrons. The Kier molecular flexibility index (Phi) is 9.37. The second kappa shape index (κ2) is 11.7. The van der Waals surface area contributed by atoms with Crippen LogP contribution in [0.2, 0.25) is 0 Å². The first-order valence-corrected chi connectivity index (χ1v) is 12.6. The minimum Gasteiger partial charge on any atom is -0.491 e. The Bertz CT molecular complexity index is 940. The van der Waals surface area contributed by atoms with E-state index in [1.54, 1.807) is 12.1 Å². The van der Waals surface area contributed by atoms with Crippen LogP contribution >= 0.6 is 0 Å². The number of aryl methyl sites for hydroxylation is 2. The highest BCUT2D eigenvalue weighted by molar-refractivity contribution is 7.92. The molecule has 0 spiro atoms. The third kappa shape index (κ3) is 9.00. The van der Waals surface area contributed by atoms with Gasteiger partial charge >= 0.3 is 0 Å². The van der Waals surface area contributed by atoms with Crippen molar-refractivity contribution < 1.29 is 17.9 Å². The standard InChI is InChI=1S/C24H34N2O4S/c1-19(2)30-23-10-5-8-21(18-23)9-6-16-25-24(27)11-7-17-26(31(4,28)29)22-14-12-20(3)13-15-22/h5,8,10,12-15,18-19H,6-7,9,11,16-17H2,1-4H3,(H,25,27). The third-order valence-electron chi connectivity index (χ3n) is 4.72. The summed E-state index contributed by atoms with van der Waals surface area (Å²) in [6, 6.07) is 15.4. The van der Waals surface area contributed by atoms with Crippen molar-refractivity contribution in [1.82, 2.24) is 5.32 Å². The van der Waals surface area contributed by atoms with E-state index in [1.807, 2.05) is 51.1 Å². The van der Waals surface area contributed by atoms with Gasteiger partial charge in [-0.15, -0.1) is 0 Å². The van der Waals surface area contributed by atoms with E-state index in [0.29, 0.717) is 18.7 Å². The molecule has 0 fully saturated rings. The number of amides is 1. The van der Waals surface area contributed by atoms with Crippen LogP contribution < -0.4 is 14.4 Å². The predicted molar refractivity (Wildman–Crippen MR) is 126 cm³/mol. The molecule has 2 rings (SSSR count). The molecule has 1 N–H and O–H groups in total. The van der Waals surface area contributed by atoms with E-state index in [4.69, 9.17) is 4.74 Å². The van der Waals surface area contributed by atoms with Crippen LogP contribution in [0.5, 0.6) is 5.75 Å². The van der Waals surface area contributed by atoms with Crippen LogP contribution in [0.3, 0.4) is 0 Å². The van der Waals surface area contributed by atoms with Crippen molar-refractivity contribution in [2.24, 2.45) is 0 Å². The summed E-state index contributed by atoms with van der Waals surface area (Å²) in [6.45, 7) is 6.81. The molecule has 0 aliphatic carbocycles. The van der Waals surface area contributed by atoms with E-state index in [0.717, 1.165) is 24.2 Å². The summed E-state index contributed by atoms with van der Waals surface area (Å²) < 4.78 is 31.3. The Hall–Kier alpha value is -2.54. The number of anilines is 1. The lowest BCUT2D eigenvalue weighted by atomic mass is 10.1. The average Bonchev–Trinajstić information content (AvgIpc) is 2.68. The fourth-order valence-corrected chi connectivity index (χ4v) is 4.20. The lowest BCUT2D eigenvalue weighted by Crippen LogP contribution is -2.32. The molecule has 0 aliphatic rings. The van der Waals surface area contributed by atoms with E-state index < -0.39 is 10.0 Å². The number of carbonyl (C=O) groups excluding carboxylic acids is 1. The predicted octanol–water partition coefficient (Wildman–Crippen LogP) is 4.08. The van der Waals surface area contributed by atoms with Gasteiger partial charge in [0.05, 0.1) is 18.0 Å². The summed E-state index contributed by atoms with van der Waals surface area (Å²) in [4.78, 5) is 12.1. The van der Waals surface area contributed by atoms with Crippen molar-refractivity contribution in [2.75, 3.05) is 23.7 Å². The molecule has 0 atom stereocenters. The number of hydrogen-bond acceptors (Lipinski definition) is 4. The first kappa shape index (κ1) is 24.7. The second-order valence-corrected chi connectivity index (χ2v) is 9.95. The van der Waals surface area contributed by atoms with Crippen molar-refractivity contribution in [2.45, 2.75) is 52.6 Å². The molecular weight excluding hydrogens is 412 g/mol. The van der Waals surface area contributed by atoms with Gasteiger partial charge in [-0.2, -0.15) is 0 Å². The zero-order valence-corrected chi connectivity index (χ0v) is 19.7. The quantitative estimate of drug-likeness (QED) is 0.499. The molecule has 0 saturated heterocycles. The highest BCUT2D eigenvalue weighted by atomic mass is 32.2. The van der Waals surface area contributed by atoms with Crippen molar-refractivity contribution in [1.29, 1.82) is 0 Å². The number of benzene rings is 2. The minimum absolute atomic E-state index is 0.0609. The Morgan fingerprint density at radius 1 is 1.10 bits per heavy atom. The maximum absolute atomic E-state index is 12.1. The van der Waals surface area contributed by atoms with Crippen LogP contribution in [0, 0.1) is 6.92 Å². The van der Waals surface area contributed by atoms with Crippen LogP contribution in [0.4, 0.5) is 5.69 Å². The molecule has 2 aromatic rings. The maximum atomic E-state index is 12.1. The number of nitrogens with zero attached hydrogens (tertiary/aromatic N) is 1. The molecule has 0 heterocycles. The van der Waals surface area contributed by atoms with Gasteiger partial charge in [-0.3, -0.25) is 9.10 Å². The van der Waals surface area contributed by atoms with E-state index in [-0.39, 0.29) is 25.0 Å². The Morgan fingerprint density at radius 3 is 2.45 bits per heavy atom. The molecule has 0 unspecified atom stereocenters. The summed E-state index contributed by atoms with van der Waals surface area (Å²) >= 11 is 0. The lowest BCUT2D eigenvalue weighted by molar-refractivity contribution is -0.121. The summed E-state index contributed by atoms with van der Waals surface area (Å²) in [5, 5.41) is 2.92. The highest BCUT2D eigenvalue weighted by Crippen LogP contribution is 2.19. The summed E-state index contributed by atoms with van der Waals surface area (Å²) in [7, 11) is -3.40. The van der Waals surface area contributed by atoms with Gasteiger partial charge in [0.2, 0.25) is 15.9 Å². The Balaban J connectivity index is 1.73. The zero-order chi connectivity index (χ0) is 22.9. The van der Waals surface area contributed by atoms with E-state index in [9.17, 15) is 13.2 Å². The monoisotopic (exact) mass is 446 g/mol. The third-order valence-corrected chi connectivity index (χ3v) is 5.92. The van der Waals surface area contributed by atoms with E-state index >= 15 is 0 Å². The van der Waals surface area contributed by atoms with Gasteiger partial charge in [-0.05, 0) is 69.9 Å². The first-order valence-electron chi connectivity index (χ1n) is 10.7. The molecule has 170 valence electrons. The van der Waals surface area contributed by atoms with Crippen molar-refractivity contribution in [3.63, 3.8) is 0 Å². The molecule has 0 aromatic heterocycles. The smallest absolute Gasteiger partial charge is 0.232 e.